The molecule has 0 radical (unpaired) electrons. The van der Waals surface area contributed by atoms with Gasteiger partial charge in [0.1, 0.15) is 0 Å². The van der Waals surface area contributed by atoms with Crippen LogP contribution in [0.3, 0.4) is 0 Å². The molecular formula is C20H28N4O. The molecule has 2 heterocycles. The lowest BCUT2D eigenvalue weighted by Gasteiger charge is -2.21. The number of hydrogen-bond acceptors (Lipinski definition) is 4. The Morgan fingerprint density at radius 2 is 2.12 bits per heavy atom. The minimum Gasteiger partial charge on any atom is -0.320 e. The Balaban J connectivity index is 0.00000109. The third kappa shape index (κ3) is 4.79. The average molecular weight is 340 g/mol. The number of fused-ring (bicyclic) bond motifs is 1. The van der Waals surface area contributed by atoms with Crippen molar-refractivity contribution in [1.82, 2.24) is 15.8 Å². The van der Waals surface area contributed by atoms with Gasteiger partial charge in [-0.05, 0) is 44.4 Å². The van der Waals surface area contributed by atoms with Crippen molar-refractivity contribution in [2.24, 2.45) is 10.9 Å². The van der Waals surface area contributed by atoms with Gasteiger partial charge in [-0.3, -0.25) is 9.80 Å². The Hall–Kier alpha value is -2.40. The predicted octanol–water partition coefficient (Wildman–Crippen LogP) is 3.57. The molecule has 0 aromatic carbocycles. The topological polar surface area (TPSA) is 56.7 Å². The van der Waals surface area contributed by atoms with E-state index in [1.807, 2.05) is 69.3 Å². The number of hydrazine groups is 1. The highest BCUT2D eigenvalue weighted by molar-refractivity contribution is 6.05. The van der Waals surface area contributed by atoms with Crippen LogP contribution < -0.4 is 10.7 Å². The SMILES string of the molecule is C=C(/C=C\C(C)=C/C)C1=CC=CN2NC(NC(=O)C3CC3)N=C12.CC. The summed E-state index contributed by atoms with van der Waals surface area (Å²) in [5.74, 6) is 1.02. The van der Waals surface area contributed by atoms with Crippen molar-refractivity contribution in [3.8, 4) is 0 Å². The van der Waals surface area contributed by atoms with Gasteiger partial charge in [-0.15, -0.1) is 0 Å². The van der Waals surface area contributed by atoms with E-state index in [-0.39, 0.29) is 11.8 Å². The zero-order chi connectivity index (χ0) is 18.4. The molecule has 0 aromatic rings. The number of nitrogens with one attached hydrogen (secondary N) is 2. The van der Waals surface area contributed by atoms with Crippen LogP contribution in [0.1, 0.15) is 40.5 Å². The molecule has 1 fully saturated rings. The molecule has 0 saturated heterocycles. The summed E-state index contributed by atoms with van der Waals surface area (Å²) >= 11 is 0. The minimum absolute atomic E-state index is 0.0728. The number of amides is 1. The maximum atomic E-state index is 11.9. The van der Waals surface area contributed by atoms with Gasteiger partial charge in [-0.25, -0.2) is 4.99 Å². The fraction of sp³-hybridized carbons (Fsp3) is 0.400. The summed E-state index contributed by atoms with van der Waals surface area (Å²) in [7, 11) is 0. The standard InChI is InChI=1S/C18H22N4O.C2H6/c1-4-12(2)7-8-13(3)15-6-5-11-22-16(15)19-18(21-22)20-17(23)14-9-10-14;1-2/h4-8,11,14,18,21H,3,9-10H2,1-2H3,(H,20,23);1-2H3/b8-7-,12-4-;. The number of amidine groups is 1. The lowest BCUT2D eigenvalue weighted by molar-refractivity contribution is -0.123. The predicted molar refractivity (Wildman–Crippen MR) is 103 cm³/mol. The number of rotatable bonds is 5. The zero-order valence-corrected chi connectivity index (χ0v) is 15.5. The third-order valence-electron chi connectivity index (χ3n) is 4.06. The molecule has 3 aliphatic rings. The lowest BCUT2D eigenvalue weighted by atomic mass is 10.0. The number of nitrogens with zero attached hydrogens (tertiary/aromatic N) is 2. The Bertz CT molecular complexity index is 678. The molecule has 2 aliphatic heterocycles. The Morgan fingerprint density at radius 1 is 1.40 bits per heavy atom. The van der Waals surface area contributed by atoms with Gasteiger partial charge < -0.3 is 5.32 Å². The van der Waals surface area contributed by atoms with Crippen LogP contribution in [0.5, 0.6) is 0 Å². The van der Waals surface area contributed by atoms with Gasteiger partial charge in [0.05, 0.1) is 0 Å². The van der Waals surface area contributed by atoms with Gasteiger partial charge in [-0.1, -0.05) is 44.2 Å². The molecule has 1 aliphatic carbocycles. The first-order chi connectivity index (χ1) is 12.1. The summed E-state index contributed by atoms with van der Waals surface area (Å²) in [6.45, 7) is 12.2. The van der Waals surface area contributed by atoms with Crippen molar-refractivity contribution in [1.29, 1.82) is 0 Å². The van der Waals surface area contributed by atoms with E-state index < -0.39 is 6.29 Å². The summed E-state index contributed by atoms with van der Waals surface area (Å²) in [5.41, 5.74) is 6.17. The van der Waals surface area contributed by atoms with Gasteiger partial charge in [0.15, 0.2) is 12.1 Å². The minimum atomic E-state index is -0.418. The molecule has 5 nitrogen and oxygen atoms in total. The molecule has 134 valence electrons. The molecule has 0 bridgehead atoms. The van der Waals surface area contributed by atoms with Crippen molar-refractivity contribution in [2.75, 3.05) is 0 Å². The molecule has 0 spiro atoms. The van der Waals surface area contributed by atoms with E-state index in [1.54, 1.807) is 0 Å². The molecule has 1 unspecified atom stereocenters. The van der Waals surface area contributed by atoms with Crippen molar-refractivity contribution in [2.45, 2.75) is 46.8 Å². The summed E-state index contributed by atoms with van der Waals surface area (Å²) in [5, 5.41) is 4.75. The van der Waals surface area contributed by atoms with Crippen LogP contribution in [-0.4, -0.2) is 23.0 Å². The van der Waals surface area contributed by atoms with Crippen molar-refractivity contribution < 1.29 is 4.79 Å². The first-order valence-electron chi connectivity index (χ1n) is 8.91. The van der Waals surface area contributed by atoms with Gasteiger partial charge in [-0.2, -0.15) is 5.43 Å². The highest BCUT2D eigenvalue weighted by Gasteiger charge is 2.34. The fourth-order valence-electron chi connectivity index (χ4n) is 2.35. The van der Waals surface area contributed by atoms with Crippen LogP contribution in [0.4, 0.5) is 0 Å². The van der Waals surface area contributed by atoms with Crippen LogP contribution in [0.2, 0.25) is 0 Å². The molecule has 25 heavy (non-hydrogen) atoms. The molecule has 3 rings (SSSR count). The Labute approximate surface area is 150 Å². The molecule has 0 aromatic heterocycles. The van der Waals surface area contributed by atoms with Crippen LogP contribution in [0, 0.1) is 5.92 Å². The number of hydrogen-bond donors (Lipinski definition) is 2. The average Bonchev–Trinajstić information content (AvgIpc) is 3.41. The molecule has 1 saturated carbocycles. The second-order valence-electron chi connectivity index (χ2n) is 5.95. The van der Waals surface area contributed by atoms with Gasteiger partial charge in [0, 0.05) is 17.7 Å². The largest absolute Gasteiger partial charge is 0.320 e. The fourth-order valence-corrected chi connectivity index (χ4v) is 2.35. The van der Waals surface area contributed by atoms with Crippen molar-refractivity contribution in [3.05, 3.63) is 59.9 Å². The number of aliphatic imine (C=N–C) groups is 1. The summed E-state index contributed by atoms with van der Waals surface area (Å²) in [6, 6.07) is 0. The smallest absolute Gasteiger partial charge is 0.225 e. The normalized spacial score (nSPS) is 22.0. The quantitative estimate of drug-likeness (QED) is 0.752. The van der Waals surface area contributed by atoms with E-state index in [0.29, 0.717) is 0 Å². The number of allylic oxidation sites excluding steroid dienone is 6. The second kappa shape index (κ2) is 8.62. The highest BCUT2D eigenvalue weighted by atomic mass is 16.2. The summed E-state index contributed by atoms with van der Waals surface area (Å²) < 4.78 is 0. The maximum Gasteiger partial charge on any atom is 0.225 e. The van der Waals surface area contributed by atoms with Crippen LogP contribution in [0.15, 0.2) is 64.9 Å². The van der Waals surface area contributed by atoms with E-state index in [1.165, 1.54) is 5.57 Å². The van der Waals surface area contributed by atoms with Crippen LogP contribution in [0.25, 0.3) is 0 Å². The monoisotopic (exact) mass is 340 g/mol. The highest BCUT2D eigenvalue weighted by Crippen LogP contribution is 2.29. The summed E-state index contributed by atoms with van der Waals surface area (Å²) in [6.07, 6.45) is 13.4. The lowest BCUT2D eigenvalue weighted by Crippen LogP contribution is -2.46. The molecule has 5 heteroatoms. The third-order valence-corrected chi connectivity index (χ3v) is 4.06. The second-order valence-corrected chi connectivity index (χ2v) is 5.95. The molecular weight excluding hydrogens is 312 g/mol. The molecule has 1 amide bonds. The van der Waals surface area contributed by atoms with E-state index in [4.69, 9.17) is 0 Å². The Kier molecular flexibility index (Phi) is 6.53. The number of carbonyl (C=O) groups is 1. The van der Waals surface area contributed by atoms with Crippen LogP contribution in [-0.2, 0) is 4.79 Å². The molecule has 1 atom stereocenters. The van der Waals surface area contributed by atoms with E-state index in [9.17, 15) is 4.79 Å². The van der Waals surface area contributed by atoms with E-state index >= 15 is 0 Å². The summed E-state index contributed by atoms with van der Waals surface area (Å²) in [4.78, 5) is 16.5. The van der Waals surface area contributed by atoms with Crippen molar-refractivity contribution in [3.63, 3.8) is 0 Å². The maximum absolute atomic E-state index is 11.9. The Morgan fingerprint density at radius 3 is 2.76 bits per heavy atom. The first-order valence-corrected chi connectivity index (χ1v) is 8.91. The van der Waals surface area contributed by atoms with E-state index in [0.717, 1.165) is 29.8 Å². The van der Waals surface area contributed by atoms with Gasteiger partial charge in [0.25, 0.3) is 0 Å². The van der Waals surface area contributed by atoms with Crippen molar-refractivity contribution >= 4 is 11.7 Å². The van der Waals surface area contributed by atoms with Crippen LogP contribution >= 0.6 is 0 Å². The zero-order valence-electron chi connectivity index (χ0n) is 15.5. The van der Waals surface area contributed by atoms with Gasteiger partial charge >= 0.3 is 0 Å². The number of carbonyl (C=O) groups excluding carboxylic acids is 1. The van der Waals surface area contributed by atoms with E-state index in [2.05, 4.69) is 22.3 Å². The molecule has 2 N–H and O–H groups in total. The first kappa shape index (κ1) is 18.9. The van der Waals surface area contributed by atoms with Gasteiger partial charge in [0.2, 0.25) is 5.91 Å².